The van der Waals surface area contributed by atoms with Crippen LogP contribution in [0.3, 0.4) is 0 Å². The molecule has 7 aliphatic rings. The standard InChI is InChI=1S/C37H52O12.8CH4/c1-15-17-6-7-18(12-17)22(15)26-27(36(44)48-35(26)43)25-20-13-19(14-21(20)33(41)49-37(3,4)5)24(25)23-16(2)30-29(28(32(39)40)31(23)47-30)34(42)46-11-10-45-9-8-38;;;;;;;;/h15-31,38H,6-14H2,1-5H3,(H,39,40);8*1H4. The molecule has 0 aromatic carbocycles. The van der Waals surface area contributed by atoms with Crippen LogP contribution >= 0.6 is 0 Å². The molecule has 0 aromatic heterocycles. The van der Waals surface area contributed by atoms with Gasteiger partial charge in [0.1, 0.15) is 12.2 Å². The van der Waals surface area contributed by atoms with E-state index in [0.29, 0.717) is 24.7 Å². The Morgan fingerprint density at radius 1 is 0.684 bits per heavy atom. The number of hydrogen-bond acceptors (Lipinski definition) is 11. The maximum absolute atomic E-state index is 13.9. The van der Waals surface area contributed by atoms with Crippen LogP contribution in [-0.2, 0) is 47.7 Å². The zero-order valence-corrected chi connectivity index (χ0v) is 29.2. The van der Waals surface area contributed by atoms with Crippen molar-refractivity contribution >= 4 is 29.8 Å². The lowest BCUT2D eigenvalue weighted by Crippen LogP contribution is -2.53. The van der Waals surface area contributed by atoms with Crippen molar-refractivity contribution in [1.29, 1.82) is 0 Å². The number of carbonyl (C=O) groups excluding carboxylic acids is 4. The second-order valence-corrected chi connectivity index (χ2v) is 17.1. The number of aliphatic carboxylic acids is 1. The van der Waals surface area contributed by atoms with Gasteiger partial charge in [0.15, 0.2) is 0 Å². The van der Waals surface area contributed by atoms with Gasteiger partial charge in [-0.05, 0) is 112 Å². The Labute approximate surface area is 346 Å². The van der Waals surface area contributed by atoms with Gasteiger partial charge in [0, 0.05) is 0 Å². The molecule has 0 amide bonds. The smallest absolute Gasteiger partial charge is 0.317 e. The number of rotatable bonds is 11. The number of carbonyl (C=O) groups is 5. The van der Waals surface area contributed by atoms with E-state index in [2.05, 4.69) is 6.92 Å². The van der Waals surface area contributed by atoms with Crippen LogP contribution in [0.1, 0.15) is 126 Å². The largest absolute Gasteiger partial charge is 0.481 e. The molecule has 336 valence electrons. The van der Waals surface area contributed by atoms with Crippen LogP contribution in [0.5, 0.6) is 0 Å². The Kier molecular flexibility index (Phi) is 20.9. The van der Waals surface area contributed by atoms with Crippen LogP contribution in [-0.4, -0.2) is 84.3 Å². The van der Waals surface area contributed by atoms with Gasteiger partial charge in [0.05, 0.1) is 61.6 Å². The van der Waals surface area contributed by atoms with E-state index >= 15 is 0 Å². The summed E-state index contributed by atoms with van der Waals surface area (Å²) in [6, 6.07) is 0. The van der Waals surface area contributed by atoms with Crippen molar-refractivity contribution in [3.8, 4) is 0 Å². The first kappa shape index (κ1) is 56.5. The molecule has 3 heterocycles. The van der Waals surface area contributed by atoms with Crippen LogP contribution in [0.2, 0.25) is 0 Å². The first-order valence-corrected chi connectivity index (χ1v) is 18.4. The van der Waals surface area contributed by atoms with Crippen molar-refractivity contribution < 1.29 is 57.9 Å². The van der Waals surface area contributed by atoms with Crippen molar-refractivity contribution in [1.82, 2.24) is 0 Å². The quantitative estimate of drug-likeness (QED) is 0.0888. The van der Waals surface area contributed by atoms with Gasteiger partial charge in [-0.3, -0.25) is 24.0 Å². The second-order valence-electron chi connectivity index (χ2n) is 17.1. The minimum atomic E-state index is -1.14. The van der Waals surface area contributed by atoms with E-state index in [0.717, 1.165) is 19.3 Å². The fourth-order valence-electron chi connectivity index (χ4n) is 12.4. The van der Waals surface area contributed by atoms with E-state index < -0.39 is 71.3 Å². The van der Waals surface area contributed by atoms with E-state index in [1.807, 2.05) is 27.7 Å². The minimum absolute atomic E-state index is 0. The van der Waals surface area contributed by atoms with Crippen molar-refractivity contribution in [3.63, 3.8) is 0 Å². The predicted octanol–water partition coefficient (Wildman–Crippen LogP) is 8.21. The average molecular weight is 817 g/mol. The molecule has 0 spiro atoms. The summed E-state index contributed by atoms with van der Waals surface area (Å²) in [5.74, 6) is -7.11. The topological polar surface area (TPSA) is 172 Å². The van der Waals surface area contributed by atoms with Gasteiger partial charge in [0.25, 0.3) is 0 Å². The van der Waals surface area contributed by atoms with Gasteiger partial charge >= 0.3 is 29.8 Å². The lowest BCUT2D eigenvalue weighted by atomic mass is 9.54. The molecule has 6 bridgehead atoms. The van der Waals surface area contributed by atoms with Crippen molar-refractivity contribution in [2.24, 2.45) is 88.8 Å². The van der Waals surface area contributed by atoms with Crippen LogP contribution in [0.4, 0.5) is 0 Å². The molecule has 4 saturated carbocycles. The molecule has 17 atom stereocenters. The Balaban J connectivity index is 0. The predicted molar refractivity (Wildman–Crippen MR) is 223 cm³/mol. The Hall–Kier alpha value is -2.57. The molecule has 3 saturated heterocycles. The lowest BCUT2D eigenvalue weighted by Gasteiger charge is -2.47. The highest BCUT2D eigenvalue weighted by Crippen LogP contribution is 2.68. The van der Waals surface area contributed by atoms with Crippen molar-refractivity contribution in [2.75, 3.05) is 26.4 Å². The van der Waals surface area contributed by atoms with Gasteiger partial charge in [-0.2, -0.15) is 0 Å². The summed E-state index contributed by atoms with van der Waals surface area (Å²) in [7, 11) is 0. The summed E-state index contributed by atoms with van der Waals surface area (Å²) >= 11 is 0. The van der Waals surface area contributed by atoms with Crippen molar-refractivity contribution in [2.45, 2.75) is 144 Å². The third kappa shape index (κ3) is 9.43. The summed E-state index contributed by atoms with van der Waals surface area (Å²) in [4.78, 5) is 67.5. The molecule has 0 aromatic rings. The number of cyclic esters (lactones) is 2. The summed E-state index contributed by atoms with van der Waals surface area (Å²) in [6.07, 6.45) is 2.98. The number of hydrogen-bond donors (Lipinski definition) is 2. The molecular weight excluding hydrogens is 732 g/mol. The summed E-state index contributed by atoms with van der Waals surface area (Å²) in [5.41, 5.74) is -0.687. The molecule has 57 heavy (non-hydrogen) atoms. The highest BCUT2D eigenvalue weighted by molar-refractivity contribution is 5.97. The fourth-order valence-corrected chi connectivity index (χ4v) is 12.4. The minimum Gasteiger partial charge on any atom is -0.481 e. The van der Waals surface area contributed by atoms with E-state index in [4.69, 9.17) is 28.8 Å². The SMILES string of the molecule is C.C.C.C.C.C.C.C.CC1C2CCC(C2)C1C1C(=O)OC(=O)C1C1C2CC(CC2C(=O)OC(C)(C)C)C1C1C(C)C2OC1C(C(=O)O)C2C(=O)OCCOCCO. The number of aliphatic hydroxyl groups excluding tert-OH is 1. The highest BCUT2D eigenvalue weighted by Gasteiger charge is 2.72. The van der Waals surface area contributed by atoms with Gasteiger partial charge in [-0.25, -0.2) is 0 Å². The van der Waals surface area contributed by atoms with Gasteiger partial charge in [-0.15, -0.1) is 0 Å². The molecule has 7 rings (SSSR count). The third-order valence-corrected chi connectivity index (χ3v) is 13.8. The molecule has 3 aliphatic heterocycles. The van der Waals surface area contributed by atoms with Crippen LogP contribution < -0.4 is 0 Å². The normalized spacial score (nSPS) is 39.9. The Morgan fingerprint density at radius 2 is 1.28 bits per heavy atom. The van der Waals surface area contributed by atoms with Crippen LogP contribution in [0, 0.1) is 88.8 Å². The van der Waals surface area contributed by atoms with Crippen LogP contribution in [0.15, 0.2) is 0 Å². The zero-order chi connectivity index (χ0) is 35.1. The number of carboxylic acid groups (broad SMARTS) is 1. The maximum Gasteiger partial charge on any atom is 0.317 e. The number of carboxylic acids is 1. The van der Waals surface area contributed by atoms with E-state index in [1.54, 1.807) is 0 Å². The van der Waals surface area contributed by atoms with Gasteiger partial charge in [0.2, 0.25) is 0 Å². The number of fused-ring (bicyclic) bond motifs is 6. The average Bonchev–Trinajstić information content (AvgIpc) is 3.87. The maximum atomic E-state index is 13.9. The van der Waals surface area contributed by atoms with E-state index in [1.165, 1.54) is 0 Å². The first-order chi connectivity index (χ1) is 23.2. The Morgan fingerprint density at radius 3 is 1.82 bits per heavy atom. The second kappa shape index (κ2) is 21.1. The van der Waals surface area contributed by atoms with Gasteiger partial charge < -0.3 is 33.9 Å². The summed E-state index contributed by atoms with van der Waals surface area (Å²) in [5, 5.41) is 19.4. The first-order valence-electron chi connectivity index (χ1n) is 18.4. The Bertz CT molecular complexity index is 1360. The molecule has 4 aliphatic carbocycles. The summed E-state index contributed by atoms with van der Waals surface area (Å²) in [6.45, 7) is 9.64. The molecule has 12 heteroatoms. The lowest BCUT2D eigenvalue weighted by molar-refractivity contribution is -0.167. The number of esters is 4. The number of aliphatic hydroxyl groups is 1. The molecule has 0 radical (unpaired) electrons. The molecule has 12 nitrogen and oxygen atoms in total. The molecule has 17 unspecified atom stereocenters. The van der Waals surface area contributed by atoms with E-state index in [9.17, 15) is 29.1 Å². The van der Waals surface area contributed by atoms with Gasteiger partial charge in [-0.1, -0.05) is 73.3 Å². The van der Waals surface area contributed by atoms with Crippen LogP contribution in [0.25, 0.3) is 0 Å². The number of ether oxygens (including phenoxy) is 5. The molecular formula is C45H84O12. The van der Waals surface area contributed by atoms with Crippen molar-refractivity contribution in [3.05, 3.63) is 0 Å². The zero-order valence-electron chi connectivity index (χ0n) is 29.2. The summed E-state index contributed by atoms with van der Waals surface area (Å²) < 4.78 is 28.5. The molecule has 7 fully saturated rings. The third-order valence-electron chi connectivity index (χ3n) is 13.8. The highest BCUT2D eigenvalue weighted by atomic mass is 16.6. The molecule has 2 N–H and O–H groups in total. The monoisotopic (exact) mass is 817 g/mol. The fraction of sp³-hybridized carbons (Fsp3) is 0.889. The van der Waals surface area contributed by atoms with E-state index in [-0.39, 0.29) is 139 Å².